The van der Waals surface area contributed by atoms with E-state index in [2.05, 4.69) is 5.32 Å². The van der Waals surface area contributed by atoms with Crippen molar-refractivity contribution in [1.82, 2.24) is 5.32 Å². The van der Waals surface area contributed by atoms with Crippen LogP contribution in [0.5, 0.6) is 0 Å². The summed E-state index contributed by atoms with van der Waals surface area (Å²) in [6, 6.07) is 6.55. The summed E-state index contributed by atoms with van der Waals surface area (Å²) in [5.74, 6) is -0.262. The molecule has 0 bridgehead atoms. The molecule has 1 aromatic rings. The Labute approximate surface area is 86.7 Å². The largest absolute Gasteiger partial charge is 0.371 e. The van der Waals surface area contributed by atoms with E-state index in [1.54, 1.807) is 24.3 Å². The number of hydrogen-bond donors (Lipinski definition) is 2. The Kier molecular flexibility index (Phi) is 2.21. The van der Waals surface area contributed by atoms with E-state index in [1.807, 2.05) is 0 Å². The third-order valence-electron chi connectivity index (χ3n) is 2.18. The van der Waals surface area contributed by atoms with Gasteiger partial charge in [0.15, 0.2) is 0 Å². The maximum absolute atomic E-state index is 11.5. The van der Waals surface area contributed by atoms with Gasteiger partial charge in [-0.05, 0) is 37.1 Å². The second kappa shape index (κ2) is 3.26. The molecule has 4 heteroatoms. The van der Waals surface area contributed by atoms with Gasteiger partial charge in [-0.15, -0.1) is 0 Å². The van der Waals surface area contributed by atoms with Crippen LogP contribution in [-0.2, 0) is 0 Å². The summed E-state index contributed by atoms with van der Waals surface area (Å²) in [5, 5.41) is 12.6. The number of halogens is 1. The number of carbonyl (C=O) groups excluding carboxylic acids is 1. The Morgan fingerprint density at radius 3 is 2.43 bits per heavy atom. The first kappa shape index (κ1) is 9.49. The number of rotatable bonds is 2. The standard InChI is InChI=1S/C10H10ClNO2/c11-8-3-1-7(2-4-8)9(13)12-10(14)5-6-10/h1-4,14H,5-6H2,(H,12,13). The summed E-state index contributed by atoms with van der Waals surface area (Å²) < 4.78 is 0. The second-order valence-corrected chi connectivity index (χ2v) is 3.93. The van der Waals surface area contributed by atoms with Gasteiger partial charge in [-0.3, -0.25) is 4.79 Å². The molecule has 1 aliphatic rings. The van der Waals surface area contributed by atoms with Crippen molar-refractivity contribution in [2.75, 3.05) is 0 Å². The predicted octanol–water partition coefficient (Wildman–Crippen LogP) is 1.55. The molecule has 1 aliphatic carbocycles. The van der Waals surface area contributed by atoms with Gasteiger partial charge in [0.2, 0.25) is 0 Å². The fourth-order valence-corrected chi connectivity index (χ4v) is 1.25. The molecule has 0 radical (unpaired) electrons. The average molecular weight is 212 g/mol. The number of nitrogens with one attached hydrogen (secondary N) is 1. The van der Waals surface area contributed by atoms with Crippen LogP contribution >= 0.6 is 11.6 Å². The summed E-state index contributed by atoms with van der Waals surface area (Å²) in [6.45, 7) is 0. The molecular formula is C10H10ClNO2. The molecule has 14 heavy (non-hydrogen) atoms. The normalized spacial score (nSPS) is 17.6. The van der Waals surface area contributed by atoms with Gasteiger partial charge in [-0.25, -0.2) is 0 Å². The molecule has 1 saturated carbocycles. The molecule has 3 nitrogen and oxygen atoms in total. The fourth-order valence-electron chi connectivity index (χ4n) is 1.13. The van der Waals surface area contributed by atoms with Crippen LogP contribution in [0.1, 0.15) is 23.2 Å². The van der Waals surface area contributed by atoms with E-state index in [4.69, 9.17) is 11.6 Å². The zero-order valence-electron chi connectivity index (χ0n) is 7.46. The Bertz CT molecular complexity index is 357. The molecule has 2 rings (SSSR count). The Morgan fingerprint density at radius 1 is 1.36 bits per heavy atom. The number of carbonyl (C=O) groups is 1. The van der Waals surface area contributed by atoms with Gasteiger partial charge in [0.05, 0.1) is 0 Å². The lowest BCUT2D eigenvalue weighted by molar-refractivity contribution is 0.0715. The first-order chi connectivity index (χ1) is 6.59. The van der Waals surface area contributed by atoms with Crippen molar-refractivity contribution in [3.63, 3.8) is 0 Å². The Hall–Kier alpha value is -1.06. The first-order valence-corrected chi connectivity index (χ1v) is 4.77. The summed E-state index contributed by atoms with van der Waals surface area (Å²) in [4.78, 5) is 11.5. The third-order valence-corrected chi connectivity index (χ3v) is 2.43. The lowest BCUT2D eigenvalue weighted by atomic mass is 10.2. The van der Waals surface area contributed by atoms with Gasteiger partial charge in [0.1, 0.15) is 5.72 Å². The lowest BCUT2D eigenvalue weighted by Gasteiger charge is -2.10. The molecule has 0 atom stereocenters. The van der Waals surface area contributed by atoms with Crippen molar-refractivity contribution in [1.29, 1.82) is 0 Å². The van der Waals surface area contributed by atoms with Gasteiger partial charge < -0.3 is 10.4 Å². The van der Waals surface area contributed by atoms with Gasteiger partial charge in [0, 0.05) is 10.6 Å². The summed E-state index contributed by atoms with van der Waals surface area (Å²) in [7, 11) is 0. The molecule has 1 aromatic carbocycles. The van der Waals surface area contributed by atoms with E-state index in [1.165, 1.54) is 0 Å². The van der Waals surface area contributed by atoms with Crippen molar-refractivity contribution in [3.8, 4) is 0 Å². The van der Waals surface area contributed by atoms with Crippen LogP contribution in [-0.4, -0.2) is 16.7 Å². The first-order valence-electron chi connectivity index (χ1n) is 4.40. The highest BCUT2D eigenvalue weighted by Gasteiger charge is 2.41. The Morgan fingerprint density at radius 2 is 1.93 bits per heavy atom. The van der Waals surface area contributed by atoms with E-state index in [-0.39, 0.29) is 5.91 Å². The molecular weight excluding hydrogens is 202 g/mol. The van der Waals surface area contributed by atoms with E-state index < -0.39 is 5.72 Å². The highest BCUT2D eigenvalue weighted by atomic mass is 35.5. The lowest BCUT2D eigenvalue weighted by Crippen LogP contribution is -2.36. The Balaban J connectivity index is 2.07. The zero-order valence-corrected chi connectivity index (χ0v) is 8.21. The van der Waals surface area contributed by atoms with Crippen LogP contribution in [0.15, 0.2) is 24.3 Å². The minimum Gasteiger partial charge on any atom is -0.371 e. The van der Waals surface area contributed by atoms with E-state index in [0.29, 0.717) is 23.4 Å². The number of aliphatic hydroxyl groups is 1. The van der Waals surface area contributed by atoms with Gasteiger partial charge in [-0.2, -0.15) is 0 Å². The van der Waals surface area contributed by atoms with Crippen LogP contribution in [0.3, 0.4) is 0 Å². The number of amides is 1. The molecule has 1 fully saturated rings. The fraction of sp³-hybridized carbons (Fsp3) is 0.300. The molecule has 0 heterocycles. The topological polar surface area (TPSA) is 49.3 Å². The second-order valence-electron chi connectivity index (χ2n) is 3.49. The zero-order chi connectivity index (χ0) is 10.2. The number of benzene rings is 1. The van der Waals surface area contributed by atoms with Crippen molar-refractivity contribution in [2.45, 2.75) is 18.6 Å². The number of hydrogen-bond acceptors (Lipinski definition) is 2. The van der Waals surface area contributed by atoms with Crippen LogP contribution in [0.25, 0.3) is 0 Å². The third kappa shape index (κ3) is 2.05. The maximum Gasteiger partial charge on any atom is 0.253 e. The SMILES string of the molecule is O=C(NC1(O)CC1)c1ccc(Cl)cc1. The van der Waals surface area contributed by atoms with Crippen LogP contribution < -0.4 is 5.32 Å². The predicted molar refractivity (Wildman–Crippen MR) is 53.1 cm³/mol. The van der Waals surface area contributed by atoms with Crippen molar-refractivity contribution in [3.05, 3.63) is 34.9 Å². The molecule has 2 N–H and O–H groups in total. The molecule has 0 spiro atoms. The van der Waals surface area contributed by atoms with E-state index >= 15 is 0 Å². The average Bonchev–Trinajstić information content (AvgIpc) is 2.84. The minimum atomic E-state index is -0.962. The maximum atomic E-state index is 11.5. The molecule has 0 aliphatic heterocycles. The van der Waals surface area contributed by atoms with Crippen LogP contribution in [0.4, 0.5) is 0 Å². The molecule has 0 unspecified atom stereocenters. The van der Waals surface area contributed by atoms with Crippen LogP contribution in [0.2, 0.25) is 5.02 Å². The van der Waals surface area contributed by atoms with Crippen LogP contribution in [0, 0.1) is 0 Å². The van der Waals surface area contributed by atoms with Gasteiger partial charge in [0.25, 0.3) is 5.91 Å². The molecule has 0 saturated heterocycles. The highest BCUT2D eigenvalue weighted by molar-refractivity contribution is 6.30. The molecule has 1 amide bonds. The summed E-state index contributed by atoms with van der Waals surface area (Å²) in [5.41, 5.74) is -0.453. The molecule has 74 valence electrons. The molecule has 0 aromatic heterocycles. The highest BCUT2D eigenvalue weighted by Crippen LogP contribution is 2.31. The van der Waals surface area contributed by atoms with Crippen molar-refractivity contribution in [2.24, 2.45) is 0 Å². The van der Waals surface area contributed by atoms with Gasteiger partial charge >= 0.3 is 0 Å². The van der Waals surface area contributed by atoms with Crippen molar-refractivity contribution >= 4 is 17.5 Å². The van der Waals surface area contributed by atoms with E-state index in [0.717, 1.165) is 0 Å². The van der Waals surface area contributed by atoms with Crippen molar-refractivity contribution < 1.29 is 9.90 Å². The summed E-state index contributed by atoms with van der Waals surface area (Å²) >= 11 is 5.68. The van der Waals surface area contributed by atoms with E-state index in [9.17, 15) is 9.90 Å². The smallest absolute Gasteiger partial charge is 0.253 e. The quantitative estimate of drug-likeness (QED) is 0.730. The minimum absolute atomic E-state index is 0.262. The monoisotopic (exact) mass is 211 g/mol. The summed E-state index contributed by atoms with van der Waals surface area (Å²) in [6.07, 6.45) is 1.26. The van der Waals surface area contributed by atoms with Gasteiger partial charge in [-0.1, -0.05) is 11.6 Å².